The summed E-state index contributed by atoms with van der Waals surface area (Å²) in [5.74, 6) is 0.766. The minimum atomic E-state index is -3.29. The molecule has 0 aliphatic rings. The average molecular weight is 288 g/mol. The van der Waals surface area contributed by atoms with Crippen LogP contribution in [0.1, 0.15) is 18.1 Å². The molecule has 0 saturated heterocycles. The van der Waals surface area contributed by atoms with Crippen LogP contribution in [0.4, 0.5) is 0 Å². The summed E-state index contributed by atoms with van der Waals surface area (Å²) in [6, 6.07) is 7.30. The van der Waals surface area contributed by atoms with Crippen LogP contribution < -0.4 is 10.5 Å². The van der Waals surface area contributed by atoms with Gasteiger partial charge in [0.05, 0.1) is 5.75 Å². The van der Waals surface area contributed by atoms with Crippen LogP contribution in [0.5, 0.6) is 0 Å². The Labute approximate surface area is 113 Å². The SMILES string of the molecule is CSCC(C)NS(=O)(=O)Cc1cccc(CN)c1. The van der Waals surface area contributed by atoms with Gasteiger partial charge in [0, 0.05) is 18.3 Å². The highest BCUT2D eigenvalue weighted by molar-refractivity contribution is 7.98. The quantitative estimate of drug-likeness (QED) is 0.793. The van der Waals surface area contributed by atoms with Gasteiger partial charge in [-0.2, -0.15) is 11.8 Å². The maximum Gasteiger partial charge on any atom is 0.216 e. The van der Waals surface area contributed by atoms with Gasteiger partial charge in [0.15, 0.2) is 0 Å². The van der Waals surface area contributed by atoms with E-state index in [1.54, 1.807) is 17.8 Å². The molecule has 1 aromatic carbocycles. The Kier molecular flexibility index (Phi) is 6.14. The first-order valence-corrected chi connectivity index (χ1v) is 8.78. The maximum atomic E-state index is 11.9. The van der Waals surface area contributed by atoms with Crippen molar-refractivity contribution in [2.45, 2.75) is 25.3 Å². The molecule has 1 atom stereocenters. The Balaban J connectivity index is 2.70. The minimum Gasteiger partial charge on any atom is -0.326 e. The highest BCUT2D eigenvalue weighted by atomic mass is 32.2. The van der Waals surface area contributed by atoms with Gasteiger partial charge in [0.2, 0.25) is 10.0 Å². The zero-order valence-electron chi connectivity index (χ0n) is 10.7. The lowest BCUT2D eigenvalue weighted by atomic mass is 10.1. The molecule has 0 aromatic heterocycles. The van der Waals surface area contributed by atoms with Crippen LogP contribution in [0.3, 0.4) is 0 Å². The van der Waals surface area contributed by atoms with Gasteiger partial charge < -0.3 is 5.73 Å². The molecule has 0 fully saturated rings. The van der Waals surface area contributed by atoms with Crippen LogP contribution in [0.15, 0.2) is 24.3 Å². The van der Waals surface area contributed by atoms with Crippen molar-refractivity contribution in [1.29, 1.82) is 0 Å². The summed E-state index contributed by atoms with van der Waals surface area (Å²) < 4.78 is 26.5. The van der Waals surface area contributed by atoms with E-state index < -0.39 is 10.0 Å². The number of rotatable bonds is 7. The molecular weight excluding hydrogens is 268 g/mol. The van der Waals surface area contributed by atoms with Crippen molar-refractivity contribution in [2.75, 3.05) is 12.0 Å². The lowest BCUT2D eigenvalue weighted by Gasteiger charge is -2.13. The molecule has 1 unspecified atom stereocenters. The highest BCUT2D eigenvalue weighted by Crippen LogP contribution is 2.09. The Hall–Kier alpha value is -0.560. The lowest BCUT2D eigenvalue weighted by molar-refractivity contribution is 0.570. The summed E-state index contributed by atoms with van der Waals surface area (Å²) in [6.07, 6.45) is 1.95. The number of hydrogen-bond acceptors (Lipinski definition) is 4. The molecule has 1 rings (SSSR count). The summed E-state index contributed by atoms with van der Waals surface area (Å²) in [4.78, 5) is 0. The normalized spacial score (nSPS) is 13.5. The van der Waals surface area contributed by atoms with Crippen molar-refractivity contribution in [3.8, 4) is 0 Å². The van der Waals surface area contributed by atoms with Gasteiger partial charge in [0.25, 0.3) is 0 Å². The number of nitrogens with two attached hydrogens (primary N) is 1. The molecule has 1 aromatic rings. The first kappa shape index (κ1) is 15.5. The van der Waals surface area contributed by atoms with E-state index in [1.807, 2.05) is 31.4 Å². The number of thioether (sulfide) groups is 1. The third kappa shape index (κ3) is 5.39. The lowest BCUT2D eigenvalue weighted by Crippen LogP contribution is -2.35. The topological polar surface area (TPSA) is 72.2 Å². The standard InChI is InChI=1S/C12H20N2O2S2/c1-10(8-17-2)14-18(15,16)9-12-5-3-4-11(6-12)7-13/h3-6,10,14H,7-9,13H2,1-2H3. The number of benzene rings is 1. The van der Waals surface area contributed by atoms with E-state index in [1.165, 1.54) is 0 Å². The summed E-state index contributed by atoms with van der Waals surface area (Å²) in [5.41, 5.74) is 7.24. The van der Waals surface area contributed by atoms with E-state index in [2.05, 4.69) is 4.72 Å². The van der Waals surface area contributed by atoms with Gasteiger partial charge in [-0.1, -0.05) is 24.3 Å². The molecule has 3 N–H and O–H groups in total. The largest absolute Gasteiger partial charge is 0.326 e. The second-order valence-corrected chi connectivity index (χ2v) is 6.92. The number of sulfonamides is 1. The zero-order chi connectivity index (χ0) is 13.6. The van der Waals surface area contributed by atoms with Crippen molar-refractivity contribution in [1.82, 2.24) is 4.72 Å². The van der Waals surface area contributed by atoms with Crippen molar-refractivity contribution in [2.24, 2.45) is 5.73 Å². The first-order valence-electron chi connectivity index (χ1n) is 5.73. The van der Waals surface area contributed by atoms with Crippen molar-refractivity contribution >= 4 is 21.8 Å². The van der Waals surface area contributed by atoms with E-state index in [0.717, 1.165) is 16.9 Å². The minimum absolute atomic E-state index is 0.000436. The molecule has 0 bridgehead atoms. The average Bonchev–Trinajstić information content (AvgIpc) is 2.28. The van der Waals surface area contributed by atoms with Gasteiger partial charge in [-0.05, 0) is 24.3 Å². The van der Waals surface area contributed by atoms with Crippen LogP contribution in [0, 0.1) is 0 Å². The van der Waals surface area contributed by atoms with Crippen molar-refractivity contribution in [3.63, 3.8) is 0 Å². The summed E-state index contributed by atoms with van der Waals surface area (Å²) in [7, 11) is -3.29. The molecule has 18 heavy (non-hydrogen) atoms. The Morgan fingerprint density at radius 3 is 2.67 bits per heavy atom. The predicted molar refractivity (Wildman–Crippen MR) is 77.9 cm³/mol. The number of nitrogens with one attached hydrogen (secondary N) is 1. The van der Waals surface area contributed by atoms with E-state index >= 15 is 0 Å². The molecule has 0 radical (unpaired) electrons. The van der Waals surface area contributed by atoms with E-state index in [0.29, 0.717) is 6.54 Å². The summed E-state index contributed by atoms with van der Waals surface area (Å²) in [5, 5.41) is 0. The third-order valence-corrected chi connectivity index (χ3v) is 4.69. The molecule has 6 heteroatoms. The predicted octanol–water partition coefficient (Wildman–Crippen LogP) is 1.32. The monoisotopic (exact) mass is 288 g/mol. The van der Waals surface area contributed by atoms with Gasteiger partial charge in [-0.15, -0.1) is 0 Å². The van der Waals surface area contributed by atoms with Gasteiger partial charge in [-0.25, -0.2) is 13.1 Å². The third-order valence-electron chi connectivity index (χ3n) is 2.38. The molecule has 0 aliphatic carbocycles. The van der Waals surface area contributed by atoms with Crippen molar-refractivity contribution in [3.05, 3.63) is 35.4 Å². The smallest absolute Gasteiger partial charge is 0.216 e. The van der Waals surface area contributed by atoms with Crippen LogP contribution in [-0.2, 0) is 22.3 Å². The van der Waals surface area contributed by atoms with Gasteiger partial charge >= 0.3 is 0 Å². The van der Waals surface area contributed by atoms with Gasteiger partial charge in [-0.3, -0.25) is 0 Å². The molecule has 0 aliphatic heterocycles. The first-order chi connectivity index (χ1) is 8.46. The molecule has 0 saturated carbocycles. The van der Waals surface area contributed by atoms with Crippen LogP contribution in [-0.4, -0.2) is 26.5 Å². The molecular formula is C12H20N2O2S2. The summed E-state index contributed by atoms with van der Waals surface area (Å²) in [6.45, 7) is 2.29. The second-order valence-electron chi connectivity index (χ2n) is 4.26. The molecule has 102 valence electrons. The van der Waals surface area contributed by atoms with E-state index in [-0.39, 0.29) is 11.8 Å². The molecule has 0 amide bonds. The Morgan fingerprint density at radius 2 is 2.06 bits per heavy atom. The van der Waals surface area contributed by atoms with Crippen LogP contribution >= 0.6 is 11.8 Å². The highest BCUT2D eigenvalue weighted by Gasteiger charge is 2.15. The fourth-order valence-electron chi connectivity index (χ4n) is 1.70. The zero-order valence-corrected chi connectivity index (χ0v) is 12.4. The van der Waals surface area contributed by atoms with Gasteiger partial charge in [0.1, 0.15) is 0 Å². The molecule has 0 heterocycles. The molecule has 4 nitrogen and oxygen atoms in total. The van der Waals surface area contributed by atoms with E-state index in [4.69, 9.17) is 5.73 Å². The fraction of sp³-hybridized carbons (Fsp3) is 0.500. The Morgan fingerprint density at radius 1 is 1.39 bits per heavy atom. The number of hydrogen-bond donors (Lipinski definition) is 2. The van der Waals surface area contributed by atoms with Crippen LogP contribution in [0.25, 0.3) is 0 Å². The summed E-state index contributed by atoms with van der Waals surface area (Å²) >= 11 is 1.62. The second kappa shape index (κ2) is 7.13. The molecule has 0 spiro atoms. The van der Waals surface area contributed by atoms with Crippen LogP contribution in [0.2, 0.25) is 0 Å². The maximum absolute atomic E-state index is 11.9. The van der Waals surface area contributed by atoms with E-state index in [9.17, 15) is 8.42 Å². The van der Waals surface area contributed by atoms with Crippen molar-refractivity contribution < 1.29 is 8.42 Å². The Bertz CT molecular complexity index is 475. The fourth-order valence-corrected chi connectivity index (χ4v) is 3.78.